The number of aliphatic carboxylic acids is 1. The Morgan fingerprint density at radius 1 is 0.707 bits per heavy atom. The van der Waals surface area contributed by atoms with Crippen LogP contribution in [0.15, 0.2) is 78.9 Å². The van der Waals surface area contributed by atoms with Crippen molar-refractivity contribution in [1.82, 2.24) is 34.6 Å². The monoisotopic (exact) mass is 1070 g/mol. The lowest BCUT2D eigenvalue weighted by atomic mass is 9.98. The minimum Gasteiger partial charge on any atom is -0.480 e. The van der Waals surface area contributed by atoms with Crippen molar-refractivity contribution in [2.75, 3.05) is 73.7 Å². The number of nitrogens with one attached hydrogen (secondary N) is 1. The molecule has 410 valence electrons. The summed E-state index contributed by atoms with van der Waals surface area (Å²) in [6.45, 7) is 23.2. The molecule has 1 aliphatic rings. The number of aromatic nitrogens is 1. The largest absolute Gasteiger partial charge is 0.480 e. The first-order valence-electron chi connectivity index (χ1n) is 26.0. The van der Waals surface area contributed by atoms with Crippen LogP contribution in [0.2, 0.25) is 36.3 Å². The van der Waals surface area contributed by atoms with E-state index in [1.165, 1.54) is 28.8 Å². The second-order valence-corrected chi connectivity index (χ2v) is 32.3. The maximum absolute atomic E-state index is 14.3. The van der Waals surface area contributed by atoms with E-state index in [9.17, 15) is 33.9 Å². The van der Waals surface area contributed by atoms with E-state index in [2.05, 4.69) is 97.3 Å². The molecular weight excluding hydrogens is 987 g/mol. The lowest BCUT2D eigenvalue weighted by molar-refractivity contribution is -0.148. The number of fused-ring (bicyclic) bond motifs is 4. The molecule has 0 radical (unpaired) electrons. The van der Waals surface area contributed by atoms with Gasteiger partial charge in [-0.15, -0.1) is 0 Å². The zero-order chi connectivity index (χ0) is 55.6. The van der Waals surface area contributed by atoms with Gasteiger partial charge in [-0.3, -0.25) is 19.2 Å². The highest BCUT2D eigenvalue weighted by molar-refractivity contribution is 6.74. The summed E-state index contributed by atoms with van der Waals surface area (Å²) >= 11 is 0. The first-order valence-corrected chi connectivity index (χ1v) is 31.8. The molecule has 1 aliphatic carbocycles. The predicted octanol–water partition coefficient (Wildman–Crippen LogP) is 8.40. The number of carbonyl (C=O) groups excluding carboxylic acids is 5. The van der Waals surface area contributed by atoms with Gasteiger partial charge in [0, 0.05) is 77.3 Å². The number of ether oxygens (including phenoxy) is 1. The highest BCUT2D eigenvalue weighted by atomic mass is 28.4. The van der Waals surface area contributed by atoms with Gasteiger partial charge >= 0.3 is 12.1 Å². The van der Waals surface area contributed by atoms with Crippen molar-refractivity contribution < 1.29 is 47.5 Å². The molecule has 0 saturated heterocycles. The molecule has 0 saturated carbocycles. The normalized spacial score (nSPS) is 13.3. The first-order chi connectivity index (χ1) is 35.0. The van der Waals surface area contributed by atoms with E-state index in [0.717, 1.165) is 43.8 Å². The number of para-hydroxylation sites is 1. The fraction of sp³-hybridized carbons (Fsp3) is 0.536. The third-order valence-corrected chi connectivity index (χ3v) is 24.7. The molecule has 5 amide bonds. The predicted molar refractivity (Wildman–Crippen MR) is 298 cm³/mol. The van der Waals surface area contributed by atoms with E-state index in [4.69, 9.17) is 13.6 Å². The number of nitrogens with zero attached hydrogens (tertiary/aromatic N) is 6. The average molecular weight is 1070 g/mol. The Morgan fingerprint density at radius 2 is 1.24 bits per heavy atom. The van der Waals surface area contributed by atoms with Gasteiger partial charge in [-0.2, -0.15) is 0 Å². The molecule has 0 fully saturated rings. The summed E-state index contributed by atoms with van der Waals surface area (Å²) in [6.07, 6.45) is -0.603. The summed E-state index contributed by atoms with van der Waals surface area (Å²) in [6, 6.07) is 25.2. The van der Waals surface area contributed by atoms with Crippen molar-refractivity contribution in [3.63, 3.8) is 0 Å². The number of carbonyl (C=O) groups is 6. The van der Waals surface area contributed by atoms with Crippen molar-refractivity contribution in [3.8, 4) is 11.1 Å². The van der Waals surface area contributed by atoms with Crippen LogP contribution in [-0.4, -0.2) is 166 Å². The number of hydrazine groups is 1. The summed E-state index contributed by atoms with van der Waals surface area (Å²) in [5.74, 6) is -2.95. The van der Waals surface area contributed by atoms with Gasteiger partial charge in [0.1, 0.15) is 12.6 Å². The Balaban J connectivity index is 1.25. The third-order valence-electron chi connectivity index (χ3n) is 15.6. The standard InChI is InChI=1S/C56H83N7O10Si2/c1-40(53(68)69)59(9)50(65)28-29-61(31-33-72-74(11,12)55(2,3)4)52(67)38-62(32-34-73-75(13,14)56(5,6)7)51(66)36-57-49(64)27-30-63-42(35-41-21-15-20-26-48(41)63)37-58(8)60(10)54(70)71-39-47-45-24-18-16-22-43(45)44-23-17-19-25-46(44)47/h15-26,35,40,47H,27-34,36-39H2,1-14H3,(H,57,64)(H,68,69). The Morgan fingerprint density at radius 3 is 1.80 bits per heavy atom. The van der Waals surface area contributed by atoms with E-state index < -0.39 is 52.5 Å². The van der Waals surface area contributed by atoms with Crippen molar-refractivity contribution in [3.05, 3.63) is 95.7 Å². The number of carboxylic acid groups (broad SMARTS) is 1. The van der Waals surface area contributed by atoms with Crippen LogP contribution in [0, 0.1) is 0 Å². The van der Waals surface area contributed by atoms with Gasteiger partial charge < -0.3 is 43.3 Å². The molecule has 2 N–H and O–H groups in total. The van der Waals surface area contributed by atoms with Crippen LogP contribution < -0.4 is 5.32 Å². The molecule has 0 spiro atoms. The van der Waals surface area contributed by atoms with Gasteiger partial charge in [0.05, 0.1) is 32.8 Å². The van der Waals surface area contributed by atoms with E-state index in [-0.39, 0.29) is 93.8 Å². The number of amides is 5. The molecule has 1 heterocycles. The number of likely N-dealkylation sites (N-methyl/N-ethyl adjacent to an activating group) is 1. The van der Waals surface area contributed by atoms with Crippen molar-refractivity contribution in [2.24, 2.45) is 0 Å². The molecule has 1 unspecified atom stereocenters. The minimum atomic E-state index is -2.25. The molecule has 3 aromatic carbocycles. The zero-order valence-electron chi connectivity index (χ0n) is 47.0. The molecule has 19 heteroatoms. The average Bonchev–Trinajstić information content (AvgIpc) is 3.87. The van der Waals surface area contributed by atoms with Crippen LogP contribution in [-0.2, 0) is 50.7 Å². The maximum atomic E-state index is 14.3. The topological polar surface area (TPSA) is 184 Å². The minimum absolute atomic E-state index is 0.0218. The van der Waals surface area contributed by atoms with Crippen LogP contribution in [0.25, 0.3) is 22.0 Å². The first kappa shape index (κ1) is 60.0. The molecule has 17 nitrogen and oxygen atoms in total. The quantitative estimate of drug-likeness (QED) is 0.0480. The van der Waals surface area contributed by atoms with Crippen LogP contribution >= 0.6 is 0 Å². The third kappa shape index (κ3) is 15.4. The summed E-state index contributed by atoms with van der Waals surface area (Å²) < 4.78 is 20.8. The summed E-state index contributed by atoms with van der Waals surface area (Å²) in [7, 11) is 0.414. The number of benzene rings is 3. The van der Waals surface area contributed by atoms with Crippen LogP contribution in [0.5, 0.6) is 0 Å². The van der Waals surface area contributed by atoms with E-state index >= 15 is 0 Å². The van der Waals surface area contributed by atoms with Gasteiger partial charge in [0.15, 0.2) is 16.6 Å². The van der Waals surface area contributed by atoms with Crippen LogP contribution in [0.1, 0.15) is 84.0 Å². The van der Waals surface area contributed by atoms with Crippen molar-refractivity contribution in [2.45, 2.75) is 123 Å². The molecule has 1 aromatic heterocycles. The molecule has 4 aromatic rings. The second-order valence-electron chi connectivity index (χ2n) is 22.7. The Labute approximate surface area is 446 Å². The molecule has 5 rings (SSSR count). The summed E-state index contributed by atoms with van der Waals surface area (Å²) in [5, 5.41) is 16.3. The lowest BCUT2D eigenvalue weighted by Crippen LogP contribution is -2.50. The Kier molecular flexibility index (Phi) is 20.3. The number of hydrogen-bond donors (Lipinski definition) is 2. The van der Waals surface area contributed by atoms with E-state index in [1.54, 1.807) is 19.1 Å². The van der Waals surface area contributed by atoms with Gasteiger partial charge in [0.2, 0.25) is 23.6 Å². The maximum Gasteiger partial charge on any atom is 0.424 e. The number of hydrogen-bond acceptors (Lipinski definition) is 10. The molecule has 0 bridgehead atoms. The smallest absolute Gasteiger partial charge is 0.424 e. The fourth-order valence-electron chi connectivity index (χ4n) is 8.38. The van der Waals surface area contributed by atoms with Gasteiger partial charge in [-0.1, -0.05) is 108 Å². The Hall–Kier alpha value is -5.87. The van der Waals surface area contributed by atoms with Crippen LogP contribution in [0.4, 0.5) is 4.79 Å². The van der Waals surface area contributed by atoms with E-state index in [1.807, 2.05) is 59.2 Å². The highest BCUT2D eigenvalue weighted by Crippen LogP contribution is 2.44. The number of rotatable bonds is 25. The van der Waals surface area contributed by atoms with E-state index in [0.29, 0.717) is 6.54 Å². The lowest BCUT2D eigenvalue weighted by Gasteiger charge is -2.37. The molecule has 75 heavy (non-hydrogen) atoms. The van der Waals surface area contributed by atoms with Gasteiger partial charge in [-0.05, 0) is 83.0 Å². The van der Waals surface area contributed by atoms with Crippen molar-refractivity contribution >= 4 is 63.2 Å². The van der Waals surface area contributed by atoms with Crippen LogP contribution in [0.3, 0.4) is 0 Å². The summed E-state index contributed by atoms with van der Waals surface area (Å²) in [4.78, 5) is 84.5. The summed E-state index contributed by atoms with van der Waals surface area (Å²) in [5.41, 5.74) is 6.31. The van der Waals surface area contributed by atoms with Crippen molar-refractivity contribution in [1.29, 1.82) is 0 Å². The number of aryl methyl sites for hydroxylation is 1. The molecule has 0 aliphatic heterocycles. The highest BCUT2D eigenvalue weighted by Gasteiger charge is 2.39. The zero-order valence-corrected chi connectivity index (χ0v) is 49.0. The molecule has 1 atom stereocenters. The molecular formula is C56H83N7O10Si2. The SMILES string of the molecule is CC(C(=O)O)N(C)C(=O)CCN(CCO[Si](C)(C)C(C)(C)C)C(=O)CN(CCO[Si](C)(C)C(C)(C)C)C(=O)CNC(=O)CCn1c(CN(C)N(C)C(=O)OCC2c3ccccc3-c3ccccc32)cc2ccccc21. The second kappa shape index (κ2) is 25.3. The van der Waals surface area contributed by atoms with Gasteiger partial charge in [0.25, 0.3) is 0 Å². The van der Waals surface area contributed by atoms with Gasteiger partial charge in [-0.25, -0.2) is 19.6 Å². The fourth-order valence-corrected chi connectivity index (χ4v) is 10.4. The number of carboxylic acids is 1. The Bertz CT molecular complexity index is 2610.